The van der Waals surface area contributed by atoms with E-state index in [-0.39, 0.29) is 34.0 Å². The molecule has 1 aliphatic heterocycles. The van der Waals surface area contributed by atoms with Crippen LogP contribution in [-0.4, -0.2) is 47.3 Å². The van der Waals surface area contributed by atoms with Gasteiger partial charge in [-0.25, -0.2) is 0 Å². The van der Waals surface area contributed by atoms with Crippen LogP contribution in [0.1, 0.15) is 30.6 Å². The van der Waals surface area contributed by atoms with E-state index in [1.54, 1.807) is 4.90 Å². The number of nitrogens with zero attached hydrogens (tertiary/aromatic N) is 2. The fourth-order valence-electron chi connectivity index (χ4n) is 2.96. The van der Waals surface area contributed by atoms with Crippen molar-refractivity contribution >= 4 is 29.1 Å². The Bertz CT molecular complexity index is 710. The zero-order valence-electron chi connectivity index (χ0n) is 14.8. The first kappa shape index (κ1) is 20.1. The predicted octanol–water partition coefficient (Wildman–Crippen LogP) is 1.81. The monoisotopic (exact) mass is 382 g/mol. The van der Waals surface area contributed by atoms with Crippen molar-refractivity contribution < 1.29 is 14.5 Å². The van der Waals surface area contributed by atoms with Crippen molar-refractivity contribution in [3.63, 3.8) is 0 Å². The molecule has 0 bridgehead atoms. The molecule has 1 aliphatic rings. The Balaban J connectivity index is 2.13. The SMILES string of the molecule is CC(C)C(NC(=O)c1ccc([N+](=O)[O-])cc1Cl)C(=O)N1CCC(CN)C1. The molecule has 3 N–H and O–H groups in total. The topological polar surface area (TPSA) is 119 Å². The van der Waals surface area contributed by atoms with Crippen molar-refractivity contribution in [3.8, 4) is 0 Å². The zero-order chi connectivity index (χ0) is 19.4. The van der Waals surface area contributed by atoms with Gasteiger partial charge in [-0.05, 0) is 30.9 Å². The number of halogens is 1. The summed E-state index contributed by atoms with van der Waals surface area (Å²) in [5, 5.41) is 13.5. The molecule has 0 radical (unpaired) electrons. The maximum absolute atomic E-state index is 12.8. The molecule has 9 heteroatoms. The quantitative estimate of drug-likeness (QED) is 0.574. The third kappa shape index (κ3) is 4.50. The van der Waals surface area contributed by atoms with Gasteiger partial charge in [-0.3, -0.25) is 19.7 Å². The summed E-state index contributed by atoms with van der Waals surface area (Å²) in [6.45, 7) is 5.43. The van der Waals surface area contributed by atoms with Crippen LogP contribution in [0.2, 0.25) is 5.02 Å². The van der Waals surface area contributed by atoms with Crippen molar-refractivity contribution in [2.75, 3.05) is 19.6 Å². The minimum Gasteiger partial charge on any atom is -0.341 e. The van der Waals surface area contributed by atoms with Crippen LogP contribution in [0.25, 0.3) is 0 Å². The summed E-state index contributed by atoms with van der Waals surface area (Å²) in [6, 6.07) is 2.91. The Kier molecular flexibility index (Phi) is 6.55. The highest BCUT2D eigenvalue weighted by molar-refractivity contribution is 6.34. The van der Waals surface area contributed by atoms with Crippen molar-refractivity contribution in [2.24, 2.45) is 17.6 Å². The largest absolute Gasteiger partial charge is 0.341 e. The van der Waals surface area contributed by atoms with Crippen LogP contribution in [0.5, 0.6) is 0 Å². The summed E-state index contributed by atoms with van der Waals surface area (Å²) >= 11 is 6.00. The van der Waals surface area contributed by atoms with Crippen molar-refractivity contribution in [3.05, 3.63) is 38.9 Å². The first-order valence-corrected chi connectivity index (χ1v) is 8.86. The maximum Gasteiger partial charge on any atom is 0.270 e. The van der Waals surface area contributed by atoms with E-state index in [2.05, 4.69) is 5.32 Å². The molecule has 1 aromatic carbocycles. The van der Waals surface area contributed by atoms with Gasteiger partial charge in [0.1, 0.15) is 6.04 Å². The molecular weight excluding hydrogens is 360 g/mol. The number of hydrogen-bond acceptors (Lipinski definition) is 5. The van der Waals surface area contributed by atoms with E-state index in [1.165, 1.54) is 12.1 Å². The Labute approximate surface area is 156 Å². The normalized spacial score (nSPS) is 18.0. The first-order chi connectivity index (χ1) is 12.2. The van der Waals surface area contributed by atoms with Gasteiger partial charge < -0.3 is 16.0 Å². The molecule has 26 heavy (non-hydrogen) atoms. The lowest BCUT2D eigenvalue weighted by Crippen LogP contribution is -2.50. The summed E-state index contributed by atoms with van der Waals surface area (Å²) in [5.41, 5.74) is 5.56. The van der Waals surface area contributed by atoms with E-state index in [0.29, 0.717) is 19.6 Å². The molecule has 0 spiro atoms. The fourth-order valence-corrected chi connectivity index (χ4v) is 3.22. The number of nitrogens with two attached hydrogens (primary N) is 1. The van der Waals surface area contributed by atoms with Crippen LogP contribution in [0.15, 0.2) is 18.2 Å². The number of nitrogens with one attached hydrogen (secondary N) is 1. The summed E-state index contributed by atoms with van der Waals surface area (Å²) in [6.07, 6.45) is 0.856. The lowest BCUT2D eigenvalue weighted by Gasteiger charge is -2.27. The number of hydrogen-bond donors (Lipinski definition) is 2. The van der Waals surface area contributed by atoms with Gasteiger partial charge in [0.25, 0.3) is 11.6 Å². The van der Waals surface area contributed by atoms with E-state index < -0.39 is 16.9 Å². The molecule has 0 aliphatic carbocycles. The van der Waals surface area contributed by atoms with Crippen LogP contribution in [0.4, 0.5) is 5.69 Å². The molecule has 8 nitrogen and oxygen atoms in total. The van der Waals surface area contributed by atoms with Crippen molar-refractivity contribution in [2.45, 2.75) is 26.3 Å². The van der Waals surface area contributed by atoms with Gasteiger partial charge in [0, 0.05) is 25.2 Å². The molecule has 2 rings (SSSR count). The molecule has 1 aromatic rings. The molecule has 0 saturated carbocycles. The average Bonchev–Trinajstić information content (AvgIpc) is 3.07. The lowest BCUT2D eigenvalue weighted by atomic mass is 10.0. The van der Waals surface area contributed by atoms with Gasteiger partial charge in [0.15, 0.2) is 0 Å². The highest BCUT2D eigenvalue weighted by Gasteiger charge is 2.33. The van der Waals surface area contributed by atoms with Gasteiger partial charge in [0.2, 0.25) is 5.91 Å². The van der Waals surface area contributed by atoms with E-state index in [9.17, 15) is 19.7 Å². The van der Waals surface area contributed by atoms with E-state index >= 15 is 0 Å². The van der Waals surface area contributed by atoms with Crippen LogP contribution in [0, 0.1) is 22.0 Å². The van der Waals surface area contributed by atoms with E-state index in [1.807, 2.05) is 13.8 Å². The Morgan fingerprint density at radius 1 is 1.46 bits per heavy atom. The van der Waals surface area contributed by atoms with Crippen LogP contribution in [-0.2, 0) is 4.79 Å². The number of non-ortho nitro benzene ring substituents is 1. The minimum atomic E-state index is -0.703. The Hall–Kier alpha value is -2.19. The number of carbonyl (C=O) groups is 2. The first-order valence-electron chi connectivity index (χ1n) is 8.48. The van der Waals surface area contributed by atoms with Gasteiger partial charge in [-0.1, -0.05) is 25.4 Å². The van der Waals surface area contributed by atoms with Gasteiger partial charge in [0.05, 0.1) is 15.5 Å². The van der Waals surface area contributed by atoms with Crippen LogP contribution >= 0.6 is 11.6 Å². The number of rotatable bonds is 6. The number of benzene rings is 1. The highest BCUT2D eigenvalue weighted by Crippen LogP contribution is 2.23. The fraction of sp³-hybridized carbons (Fsp3) is 0.529. The van der Waals surface area contributed by atoms with Gasteiger partial charge in [-0.15, -0.1) is 0 Å². The molecule has 2 unspecified atom stereocenters. The molecule has 2 amide bonds. The molecule has 1 heterocycles. The smallest absolute Gasteiger partial charge is 0.270 e. The molecule has 142 valence electrons. The summed E-state index contributed by atoms with van der Waals surface area (Å²) in [4.78, 5) is 37.2. The molecule has 0 aromatic heterocycles. The summed E-state index contributed by atoms with van der Waals surface area (Å²) < 4.78 is 0. The summed E-state index contributed by atoms with van der Waals surface area (Å²) in [7, 11) is 0. The average molecular weight is 383 g/mol. The van der Waals surface area contributed by atoms with E-state index in [4.69, 9.17) is 17.3 Å². The van der Waals surface area contributed by atoms with Gasteiger partial charge in [-0.2, -0.15) is 0 Å². The van der Waals surface area contributed by atoms with Crippen LogP contribution < -0.4 is 11.1 Å². The predicted molar refractivity (Wildman–Crippen MR) is 97.9 cm³/mol. The second-order valence-electron chi connectivity index (χ2n) is 6.79. The summed E-state index contributed by atoms with van der Waals surface area (Å²) in [5.74, 6) is -0.527. The molecule has 1 saturated heterocycles. The number of carbonyl (C=O) groups excluding carboxylic acids is 2. The van der Waals surface area contributed by atoms with Gasteiger partial charge >= 0.3 is 0 Å². The highest BCUT2D eigenvalue weighted by atomic mass is 35.5. The zero-order valence-corrected chi connectivity index (χ0v) is 15.5. The Morgan fingerprint density at radius 2 is 2.15 bits per heavy atom. The van der Waals surface area contributed by atoms with E-state index in [0.717, 1.165) is 12.5 Å². The lowest BCUT2D eigenvalue weighted by molar-refractivity contribution is -0.384. The van der Waals surface area contributed by atoms with Crippen LogP contribution in [0.3, 0.4) is 0 Å². The number of nitro benzene ring substituents is 1. The number of nitro groups is 1. The third-order valence-electron chi connectivity index (χ3n) is 4.56. The Morgan fingerprint density at radius 3 is 2.65 bits per heavy atom. The standard InChI is InChI=1S/C17H23ClN4O4/c1-10(2)15(17(24)21-6-5-11(8-19)9-21)20-16(23)13-4-3-12(22(25)26)7-14(13)18/h3-4,7,10-11,15H,5-6,8-9,19H2,1-2H3,(H,20,23). The second kappa shape index (κ2) is 8.46. The van der Waals surface area contributed by atoms with Crippen molar-refractivity contribution in [1.29, 1.82) is 0 Å². The number of amides is 2. The molecule has 2 atom stereocenters. The van der Waals surface area contributed by atoms with Crippen molar-refractivity contribution in [1.82, 2.24) is 10.2 Å². The molecule has 1 fully saturated rings. The maximum atomic E-state index is 12.8. The second-order valence-corrected chi connectivity index (χ2v) is 7.20. The minimum absolute atomic E-state index is 0.0315. The molecular formula is C17H23ClN4O4. The number of likely N-dealkylation sites (tertiary alicyclic amines) is 1. The third-order valence-corrected chi connectivity index (χ3v) is 4.87.